The number of aromatic nitrogens is 2. The molecule has 0 spiro atoms. The summed E-state index contributed by atoms with van der Waals surface area (Å²) in [5.74, 6) is 5.89. The van der Waals surface area contributed by atoms with E-state index in [0.29, 0.717) is 24.7 Å². The summed E-state index contributed by atoms with van der Waals surface area (Å²) in [4.78, 5) is 21.2. The zero-order chi connectivity index (χ0) is 15.0. The average molecular weight is 294 g/mol. The molecule has 1 aliphatic heterocycles. The topological polar surface area (TPSA) is 119 Å². The van der Waals surface area contributed by atoms with Crippen LogP contribution in [0.1, 0.15) is 25.0 Å². The standard InChI is InChI=1S/C12H18N6O3/c1-7-10(18(19)20)11(15-12(14-7)16-13)17-5-6-21-9-4-2-3-8(9)17/h8-9H,2-6,13H2,1H3,(H,14,15,16). The number of fused-ring (bicyclic) bond motifs is 1. The predicted molar refractivity (Wildman–Crippen MR) is 76.0 cm³/mol. The van der Waals surface area contributed by atoms with Gasteiger partial charge < -0.3 is 9.64 Å². The monoisotopic (exact) mass is 294 g/mol. The van der Waals surface area contributed by atoms with Gasteiger partial charge in [-0.05, 0) is 26.2 Å². The van der Waals surface area contributed by atoms with Crippen molar-refractivity contribution in [3.8, 4) is 0 Å². The summed E-state index contributed by atoms with van der Waals surface area (Å²) in [5, 5.41) is 11.4. The van der Waals surface area contributed by atoms with E-state index in [2.05, 4.69) is 15.4 Å². The minimum atomic E-state index is -0.426. The molecular weight excluding hydrogens is 276 g/mol. The minimum absolute atomic E-state index is 0.0541. The van der Waals surface area contributed by atoms with Crippen LogP contribution in [0.15, 0.2) is 0 Å². The molecule has 1 aromatic heterocycles. The molecule has 2 atom stereocenters. The van der Waals surface area contributed by atoms with E-state index in [1.165, 1.54) is 0 Å². The van der Waals surface area contributed by atoms with Crippen LogP contribution in [0.5, 0.6) is 0 Å². The van der Waals surface area contributed by atoms with E-state index < -0.39 is 4.92 Å². The third-order valence-electron chi connectivity index (χ3n) is 4.11. The van der Waals surface area contributed by atoms with Crippen molar-refractivity contribution in [1.29, 1.82) is 0 Å². The summed E-state index contributed by atoms with van der Waals surface area (Å²) in [7, 11) is 0. The molecule has 114 valence electrons. The number of hydrogen-bond donors (Lipinski definition) is 2. The van der Waals surface area contributed by atoms with E-state index in [1.807, 2.05) is 4.90 Å². The Balaban J connectivity index is 2.07. The van der Waals surface area contributed by atoms with Crippen LogP contribution in [0.2, 0.25) is 0 Å². The average Bonchev–Trinajstić information content (AvgIpc) is 2.94. The number of morpholine rings is 1. The first-order valence-electron chi connectivity index (χ1n) is 6.99. The molecule has 3 rings (SSSR count). The Morgan fingerprint density at radius 1 is 1.48 bits per heavy atom. The van der Waals surface area contributed by atoms with Crippen molar-refractivity contribution >= 4 is 17.5 Å². The summed E-state index contributed by atoms with van der Waals surface area (Å²) >= 11 is 0. The summed E-state index contributed by atoms with van der Waals surface area (Å²) in [6.45, 7) is 2.73. The quantitative estimate of drug-likeness (QED) is 0.476. The lowest BCUT2D eigenvalue weighted by molar-refractivity contribution is -0.385. The number of hydrazine groups is 1. The number of anilines is 2. The van der Waals surface area contributed by atoms with Gasteiger partial charge in [0.1, 0.15) is 5.69 Å². The normalized spacial score (nSPS) is 24.8. The number of aryl methyl sites for hydroxylation is 1. The second-order valence-electron chi connectivity index (χ2n) is 5.31. The van der Waals surface area contributed by atoms with Crippen molar-refractivity contribution in [2.24, 2.45) is 5.84 Å². The Labute approximate surface area is 121 Å². The first kappa shape index (κ1) is 14.0. The fourth-order valence-corrected chi connectivity index (χ4v) is 3.22. The van der Waals surface area contributed by atoms with Gasteiger partial charge in [0.2, 0.25) is 11.8 Å². The van der Waals surface area contributed by atoms with Gasteiger partial charge in [0.05, 0.1) is 23.7 Å². The summed E-state index contributed by atoms with van der Waals surface area (Å²) < 4.78 is 5.75. The number of nitrogens with one attached hydrogen (secondary N) is 1. The predicted octanol–water partition coefficient (Wildman–Crippen LogP) is 0.737. The van der Waals surface area contributed by atoms with Crippen molar-refractivity contribution in [2.75, 3.05) is 23.5 Å². The highest BCUT2D eigenvalue weighted by Crippen LogP contribution is 2.37. The van der Waals surface area contributed by atoms with Gasteiger partial charge in [-0.15, -0.1) is 0 Å². The largest absolute Gasteiger partial charge is 0.374 e. The molecule has 2 fully saturated rings. The lowest BCUT2D eigenvalue weighted by Crippen LogP contribution is -2.49. The first-order chi connectivity index (χ1) is 10.1. The van der Waals surface area contributed by atoms with Crippen LogP contribution in [0, 0.1) is 17.0 Å². The number of nitro groups is 1. The molecule has 2 unspecified atom stereocenters. The van der Waals surface area contributed by atoms with Crippen LogP contribution in [0.4, 0.5) is 17.5 Å². The van der Waals surface area contributed by atoms with E-state index in [4.69, 9.17) is 10.6 Å². The Kier molecular flexibility index (Phi) is 3.60. The van der Waals surface area contributed by atoms with E-state index >= 15 is 0 Å². The molecule has 21 heavy (non-hydrogen) atoms. The van der Waals surface area contributed by atoms with Crippen molar-refractivity contribution < 1.29 is 9.66 Å². The van der Waals surface area contributed by atoms with Crippen LogP contribution < -0.4 is 16.2 Å². The van der Waals surface area contributed by atoms with E-state index in [-0.39, 0.29) is 23.8 Å². The Morgan fingerprint density at radius 3 is 3.00 bits per heavy atom. The Hall–Kier alpha value is -2.00. The van der Waals surface area contributed by atoms with Crippen molar-refractivity contribution in [2.45, 2.75) is 38.3 Å². The Bertz CT molecular complexity index is 566. The minimum Gasteiger partial charge on any atom is -0.374 e. The molecule has 1 aromatic rings. The molecule has 2 aliphatic rings. The maximum atomic E-state index is 11.4. The number of rotatable bonds is 3. The van der Waals surface area contributed by atoms with Gasteiger partial charge in [-0.25, -0.2) is 10.8 Å². The fraction of sp³-hybridized carbons (Fsp3) is 0.667. The second kappa shape index (κ2) is 5.41. The molecule has 0 bridgehead atoms. The summed E-state index contributed by atoms with van der Waals surface area (Å²) in [6, 6.07) is 0.136. The van der Waals surface area contributed by atoms with Gasteiger partial charge in [-0.2, -0.15) is 4.98 Å². The van der Waals surface area contributed by atoms with Crippen molar-refractivity contribution in [3.05, 3.63) is 15.8 Å². The Morgan fingerprint density at radius 2 is 2.29 bits per heavy atom. The fourth-order valence-electron chi connectivity index (χ4n) is 3.22. The SMILES string of the molecule is Cc1nc(NN)nc(N2CCOC3CCCC32)c1[N+](=O)[O-]. The zero-order valence-corrected chi connectivity index (χ0v) is 11.8. The number of nitrogen functional groups attached to an aromatic ring is 1. The summed E-state index contributed by atoms with van der Waals surface area (Å²) in [6.07, 6.45) is 3.13. The lowest BCUT2D eigenvalue weighted by Gasteiger charge is -2.38. The van der Waals surface area contributed by atoms with Crippen LogP contribution in [0.25, 0.3) is 0 Å². The van der Waals surface area contributed by atoms with E-state index in [1.54, 1.807) is 6.92 Å². The molecule has 0 aromatic carbocycles. The summed E-state index contributed by atoms with van der Waals surface area (Å²) in [5.41, 5.74) is 2.62. The smallest absolute Gasteiger partial charge is 0.332 e. The number of hydrogen-bond acceptors (Lipinski definition) is 8. The van der Waals surface area contributed by atoms with Crippen LogP contribution in [0.3, 0.4) is 0 Å². The maximum absolute atomic E-state index is 11.4. The highest BCUT2D eigenvalue weighted by Gasteiger charge is 2.40. The van der Waals surface area contributed by atoms with Crippen molar-refractivity contribution in [3.63, 3.8) is 0 Å². The molecule has 3 N–H and O–H groups in total. The molecular formula is C12H18N6O3. The first-order valence-corrected chi connectivity index (χ1v) is 6.99. The van der Waals surface area contributed by atoms with Gasteiger partial charge in [-0.3, -0.25) is 15.5 Å². The van der Waals surface area contributed by atoms with Crippen molar-refractivity contribution in [1.82, 2.24) is 9.97 Å². The lowest BCUT2D eigenvalue weighted by atomic mass is 10.1. The van der Waals surface area contributed by atoms with Crippen LogP contribution in [-0.4, -0.2) is 40.2 Å². The molecule has 9 nitrogen and oxygen atoms in total. The van der Waals surface area contributed by atoms with Gasteiger partial charge >= 0.3 is 5.69 Å². The molecule has 0 amide bonds. The van der Waals surface area contributed by atoms with Gasteiger partial charge in [0.15, 0.2) is 0 Å². The number of nitrogens with two attached hydrogens (primary N) is 1. The highest BCUT2D eigenvalue weighted by molar-refractivity contribution is 5.63. The van der Waals surface area contributed by atoms with E-state index in [0.717, 1.165) is 19.3 Å². The molecule has 2 heterocycles. The third kappa shape index (κ3) is 2.38. The van der Waals surface area contributed by atoms with Gasteiger partial charge in [-0.1, -0.05) is 0 Å². The van der Waals surface area contributed by atoms with Gasteiger partial charge in [0.25, 0.3) is 0 Å². The maximum Gasteiger partial charge on any atom is 0.332 e. The molecule has 1 saturated carbocycles. The zero-order valence-electron chi connectivity index (χ0n) is 11.8. The van der Waals surface area contributed by atoms with Gasteiger partial charge in [0, 0.05) is 6.54 Å². The number of ether oxygens (including phenoxy) is 1. The second-order valence-corrected chi connectivity index (χ2v) is 5.31. The van der Waals surface area contributed by atoms with Crippen LogP contribution in [-0.2, 0) is 4.74 Å². The molecule has 1 saturated heterocycles. The van der Waals surface area contributed by atoms with E-state index in [9.17, 15) is 10.1 Å². The molecule has 0 radical (unpaired) electrons. The van der Waals surface area contributed by atoms with Crippen LogP contribution >= 0.6 is 0 Å². The third-order valence-corrected chi connectivity index (χ3v) is 4.11. The molecule has 1 aliphatic carbocycles. The number of nitrogens with zero attached hydrogens (tertiary/aromatic N) is 4. The molecule has 9 heteroatoms. The highest BCUT2D eigenvalue weighted by atomic mass is 16.6.